The minimum absolute atomic E-state index is 0.299. The molecule has 110 valence electrons. The van der Waals surface area contributed by atoms with E-state index in [0.29, 0.717) is 23.7 Å². The molecule has 0 unspecified atom stereocenters. The average molecular weight is 283 g/mol. The van der Waals surface area contributed by atoms with Gasteiger partial charge in [0.05, 0.1) is 0 Å². The highest BCUT2D eigenvalue weighted by Crippen LogP contribution is 2.40. The lowest BCUT2D eigenvalue weighted by molar-refractivity contribution is -0.134. The smallest absolute Gasteiger partial charge is 0.225 e. The fourth-order valence-electron chi connectivity index (χ4n) is 3.53. The predicted octanol–water partition coefficient (Wildman–Crippen LogP) is 2.92. The Morgan fingerprint density at radius 2 is 2.33 bits per heavy atom. The van der Waals surface area contributed by atoms with Gasteiger partial charge in [0.2, 0.25) is 5.91 Å². The van der Waals surface area contributed by atoms with E-state index in [4.69, 9.17) is 0 Å². The van der Waals surface area contributed by atoms with Crippen LogP contribution in [0, 0.1) is 11.8 Å². The summed E-state index contributed by atoms with van der Waals surface area (Å²) in [6, 6.07) is 6.24. The largest absolute Gasteiger partial charge is 0.343 e. The highest BCUT2D eigenvalue weighted by molar-refractivity contribution is 5.82. The van der Waals surface area contributed by atoms with Crippen LogP contribution < -0.4 is 0 Å². The van der Waals surface area contributed by atoms with Crippen molar-refractivity contribution in [1.29, 1.82) is 0 Å². The molecule has 0 radical (unpaired) electrons. The molecule has 2 aromatic heterocycles. The van der Waals surface area contributed by atoms with Crippen molar-refractivity contribution in [2.24, 2.45) is 11.8 Å². The molecular weight excluding hydrogens is 262 g/mol. The number of rotatable bonds is 2. The number of hydrogen-bond acceptors (Lipinski definition) is 2. The highest BCUT2D eigenvalue weighted by atomic mass is 16.2. The third-order valence-electron chi connectivity index (χ3n) is 5.01. The van der Waals surface area contributed by atoms with E-state index >= 15 is 0 Å². The van der Waals surface area contributed by atoms with Gasteiger partial charge in [-0.3, -0.25) is 4.79 Å². The average Bonchev–Trinajstić information content (AvgIpc) is 3.09. The minimum Gasteiger partial charge on any atom is -0.343 e. The molecule has 0 spiro atoms. The van der Waals surface area contributed by atoms with Gasteiger partial charge < -0.3 is 9.88 Å². The number of nitrogens with zero attached hydrogens (tertiary/aromatic N) is 2. The fraction of sp³-hybridized carbons (Fsp3) is 0.529. The zero-order valence-electron chi connectivity index (χ0n) is 12.4. The number of piperidine rings is 1. The van der Waals surface area contributed by atoms with Crippen LogP contribution in [-0.2, 0) is 4.79 Å². The number of amides is 1. The van der Waals surface area contributed by atoms with Crippen molar-refractivity contribution < 1.29 is 4.79 Å². The zero-order valence-corrected chi connectivity index (χ0v) is 12.4. The molecule has 1 saturated heterocycles. The molecule has 21 heavy (non-hydrogen) atoms. The van der Waals surface area contributed by atoms with Crippen molar-refractivity contribution >= 4 is 16.9 Å². The molecule has 4 rings (SSSR count). The highest BCUT2D eigenvalue weighted by Gasteiger charge is 2.42. The van der Waals surface area contributed by atoms with Crippen molar-refractivity contribution in [3.63, 3.8) is 0 Å². The van der Waals surface area contributed by atoms with Crippen LogP contribution in [0.4, 0.5) is 0 Å². The number of carbonyl (C=O) groups is 1. The van der Waals surface area contributed by atoms with Crippen LogP contribution in [0.15, 0.2) is 24.4 Å². The maximum atomic E-state index is 12.4. The lowest BCUT2D eigenvalue weighted by Crippen LogP contribution is -2.40. The molecular formula is C17H21N3O. The number of H-pyrrole nitrogens is 1. The van der Waals surface area contributed by atoms with Gasteiger partial charge in [0.1, 0.15) is 5.65 Å². The summed E-state index contributed by atoms with van der Waals surface area (Å²) in [5.74, 6) is 1.69. The molecule has 0 bridgehead atoms. The number of aromatic amines is 1. The molecule has 1 amide bonds. The number of fused-ring (bicyclic) bond motifs is 1. The zero-order chi connectivity index (χ0) is 14.4. The Balaban J connectivity index is 1.53. The number of hydrogen-bond donors (Lipinski definition) is 1. The van der Waals surface area contributed by atoms with Gasteiger partial charge in [0.15, 0.2) is 0 Å². The first-order valence-corrected chi connectivity index (χ1v) is 7.95. The predicted molar refractivity (Wildman–Crippen MR) is 81.9 cm³/mol. The first-order valence-electron chi connectivity index (χ1n) is 7.95. The second-order valence-corrected chi connectivity index (χ2v) is 6.61. The maximum Gasteiger partial charge on any atom is 0.225 e. The van der Waals surface area contributed by atoms with Gasteiger partial charge in [-0.15, -0.1) is 0 Å². The molecule has 2 aliphatic rings. The molecule has 2 fully saturated rings. The Hall–Kier alpha value is -1.84. The Morgan fingerprint density at radius 3 is 3.10 bits per heavy atom. The van der Waals surface area contributed by atoms with E-state index in [1.807, 2.05) is 12.3 Å². The molecule has 1 N–H and O–H groups in total. The van der Waals surface area contributed by atoms with Gasteiger partial charge in [-0.05, 0) is 43.4 Å². The van der Waals surface area contributed by atoms with Crippen LogP contribution in [-0.4, -0.2) is 33.9 Å². The summed E-state index contributed by atoms with van der Waals surface area (Å²) in [5, 5.41) is 1.16. The Labute approximate surface area is 124 Å². The van der Waals surface area contributed by atoms with Gasteiger partial charge in [0.25, 0.3) is 0 Å². The lowest BCUT2D eigenvalue weighted by atomic mass is 9.94. The normalized spacial score (nSPS) is 28.8. The summed E-state index contributed by atoms with van der Waals surface area (Å²) < 4.78 is 0. The molecule has 4 heteroatoms. The minimum atomic E-state index is 0.299. The van der Waals surface area contributed by atoms with Gasteiger partial charge in [0, 0.05) is 42.2 Å². The van der Waals surface area contributed by atoms with E-state index in [2.05, 4.69) is 33.9 Å². The van der Waals surface area contributed by atoms with Gasteiger partial charge in [-0.25, -0.2) is 4.98 Å². The van der Waals surface area contributed by atoms with E-state index in [9.17, 15) is 4.79 Å². The van der Waals surface area contributed by atoms with Crippen molar-refractivity contribution in [3.8, 4) is 0 Å². The first-order chi connectivity index (χ1) is 10.2. The van der Waals surface area contributed by atoms with Crippen molar-refractivity contribution in [1.82, 2.24) is 14.9 Å². The van der Waals surface area contributed by atoms with Crippen LogP contribution in [0.3, 0.4) is 0 Å². The summed E-state index contributed by atoms with van der Waals surface area (Å²) in [5.41, 5.74) is 2.18. The SMILES string of the molecule is C[C@@H]1C[C@H]1C(=O)N1CCC[C@@H](c2cc3cccnc3[nH]2)C1. The van der Waals surface area contributed by atoms with Crippen LogP contribution >= 0.6 is 0 Å². The third-order valence-corrected chi connectivity index (χ3v) is 5.01. The van der Waals surface area contributed by atoms with Crippen LogP contribution in [0.1, 0.15) is 37.8 Å². The summed E-state index contributed by atoms with van der Waals surface area (Å²) >= 11 is 0. The van der Waals surface area contributed by atoms with Crippen molar-refractivity contribution in [3.05, 3.63) is 30.1 Å². The number of nitrogens with one attached hydrogen (secondary N) is 1. The van der Waals surface area contributed by atoms with Gasteiger partial charge in [-0.2, -0.15) is 0 Å². The molecule has 1 aliphatic carbocycles. The Morgan fingerprint density at radius 1 is 1.48 bits per heavy atom. The summed E-state index contributed by atoms with van der Waals surface area (Å²) in [6.45, 7) is 3.96. The monoisotopic (exact) mass is 283 g/mol. The van der Waals surface area contributed by atoms with Gasteiger partial charge >= 0.3 is 0 Å². The van der Waals surface area contributed by atoms with E-state index in [1.165, 1.54) is 5.69 Å². The number of likely N-dealkylation sites (tertiary alicyclic amines) is 1. The molecule has 1 saturated carbocycles. The maximum absolute atomic E-state index is 12.4. The number of carbonyl (C=O) groups excluding carboxylic acids is 1. The molecule has 1 aliphatic heterocycles. The quantitative estimate of drug-likeness (QED) is 0.921. The van der Waals surface area contributed by atoms with E-state index in [0.717, 1.165) is 43.4 Å². The number of pyridine rings is 1. The van der Waals surface area contributed by atoms with Crippen molar-refractivity contribution in [2.75, 3.05) is 13.1 Å². The van der Waals surface area contributed by atoms with Gasteiger partial charge in [-0.1, -0.05) is 6.92 Å². The van der Waals surface area contributed by atoms with Crippen molar-refractivity contribution in [2.45, 2.75) is 32.1 Å². The Kier molecular flexibility index (Phi) is 2.98. The van der Waals surface area contributed by atoms with Crippen LogP contribution in [0.25, 0.3) is 11.0 Å². The second kappa shape index (κ2) is 4.86. The third kappa shape index (κ3) is 2.33. The first kappa shape index (κ1) is 12.9. The van der Waals surface area contributed by atoms with E-state index < -0.39 is 0 Å². The Bertz CT molecular complexity index is 644. The molecule has 0 aromatic carbocycles. The summed E-state index contributed by atoms with van der Waals surface area (Å²) in [7, 11) is 0. The molecule has 3 heterocycles. The van der Waals surface area contributed by atoms with E-state index in [-0.39, 0.29) is 0 Å². The summed E-state index contributed by atoms with van der Waals surface area (Å²) in [6.07, 6.45) is 5.14. The second-order valence-electron chi connectivity index (χ2n) is 6.61. The summed E-state index contributed by atoms with van der Waals surface area (Å²) in [4.78, 5) is 22.3. The standard InChI is InChI=1S/C17H21N3O/c1-11-8-14(11)17(21)20-7-3-5-13(10-20)15-9-12-4-2-6-18-16(12)19-15/h2,4,6,9,11,13-14H,3,5,7-8,10H2,1H3,(H,18,19)/t11-,13-,14-/m1/s1. The van der Waals surface area contributed by atoms with Crippen LogP contribution in [0.2, 0.25) is 0 Å². The number of aromatic nitrogens is 2. The molecule has 4 nitrogen and oxygen atoms in total. The fourth-order valence-corrected chi connectivity index (χ4v) is 3.53. The van der Waals surface area contributed by atoms with E-state index in [1.54, 1.807) is 0 Å². The molecule has 3 atom stereocenters. The molecule has 2 aromatic rings. The topological polar surface area (TPSA) is 49.0 Å². The lowest BCUT2D eigenvalue weighted by Gasteiger charge is -2.32. The van der Waals surface area contributed by atoms with Crippen LogP contribution in [0.5, 0.6) is 0 Å².